The van der Waals surface area contributed by atoms with Crippen LogP contribution in [0.2, 0.25) is 0 Å². The second kappa shape index (κ2) is 8.35. The maximum Gasteiger partial charge on any atom is 0.239 e. The quantitative estimate of drug-likeness (QED) is 0.904. The zero-order valence-electron chi connectivity index (χ0n) is 11.9. The summed E-state index contributed by atoms with van der Waals surface area (Å²) in [5.41, 5.74) is 8.18. The third kappa shape index (κ3) is 4.27. The largest absolute Gasteiger partial charge is 0.368 e. The van der Waals surface area contributed by atoms with Crippen molar-refractivity contribution in [2.45, 2.75) is 19.9 Å². The Kier molecular flexibility index (Phi) is 7.94. The molecule has 1 aliphatic rings. The van der Waals surface area contributed by atoms with Gasteiger partial charge in [-0.25, -0.2) is 0 Å². The molecule has 0 saturated carbocycles. The molecule has 1 fully saturated rings. The molecule has 0 aliphatic carbocycles. The van der Waals surface area contributed by atoms with Crippen molar-refractivity contribution < 1.29 is 4.79 Å². The maximum absolute atomic E-state index is 11.8. The molecule has 2 N–H and O–H groups in total. The van der Waals surface area contributed by atoms with Crippen LogP contribution in [0.5, 0.6) is 0 Å². The van der Waals surface area contributed by atoms with Gasteiger partial charge in [0, 0.05) is 31.9 Å². The van der Waals surface area contributed by atoms with Crippen molar-refractivity contribution in [2.24, 2.45) is 5.73 Å². The van der Waals surface area contributed by atoms with Gasteiger partial charge in [-0.05, 0) is 25.5 Å². The zero-order chi connectivity index (χ0) is 13.1. The number of carbonyl (C=O) groups is 1. The van der Waals surface area contributed by atoms with E-state index < -0.39 is 6.04 Å². The molecular weight excluding hydrogens is 297 g/mol. The van der Waals surface area contributed by atoms with Gasteiger partial charge in [0.2, 0.25) is 5.91 Å². The van der Waals surface area contributed by atoms with Gasteiger partial charge in [-0.3, -0.25) is 4.79 Å². The fourth-order valence-corrected chi connectivity index (χ4v) is 2.37. The highest BCUT2D eigenvalue weighted by molar-refractivity contribution is 5.85. The molecule has 1 aliphatic heterocycles. The number of piperazine rings is 1. The molecule has 0 aromatic heterocycles. The number of hydrogen-bond acceptors (Lipinski definition) is 3. The number of anilines is 1. The number of para-hydroxylation sites is 1. The normalized spacial score (nSPS) is 15.9. The van der Waals surface area contributed by atoms with Crippen LogP contribution in [0.4, 0.5) is 5.69 Å². The van der Waals surface area contributed by atoms with E-state index >= 15 is 0 Å². The number of halogens is 2. The average molecular weight is 320 g/mol. The Morgan fingerprint density at radius 2 is 1.70 bits per heavy atom. The summed E-state index contributed by atoms with van der Waals surface area (Å²) in [6.45, 7) is 7.14. The lowest BCUT2D eigenvalue weighted by atomic mass is 10.1. The Morgan fingerprint density at radius 3 is 2.20 bits per heavy atom. The first-order valence-electron chi connectivity index (χ1n) is 6.44. The van der Waals surface area contributed by atoms with E-state index in [0.717, 1.165) is 26.2 Å². The SMILES string of the molecule is Cc1ccccc1N1CCN(C(=O)[C@H](C)N)CC1.Cl.Cl. The van der Waals surface area contributed by atoms with Gasteiger partial charge in [-0.1, -0.05) is 18.2 Å². The first-order valence-corrected chi connectivity index (χ1v) is 6.44. The highest BCUT2D eigenvalue weighted by Crippen LogP contribution is 2.20. The first-order chi connectivity index (χ1) is 8.59. The summed E-state index contributed by atoms with van der Waals surface area (Å²) in [7, 11) is 0. The second-order valence-electron chi connectivity index (χ2n) is 4.89. The Labute approximate surface area is 133 Å². The lowest BCUT2D eigenvalue weighted by Gasteiger charge is -2.37. The molecule has 1 saturated heterocycles. The lowest BCUT2D eigenvalue weighted by molar-refractivity contribution is -0.132. The van der Waals surface area contributed by atoms with Crippen LogP contribution in [0.25, 0.3) is 0 Å². The van der Waals surface area contributed by atoms with Gasteiger partial charge in [0.15, 0.2) is 0 Å². The molecule has 0 bridgehead atoms. The standard InChI is InChI=1S/C14H21N3O.2ClH/c1-11-5-3-4-6-13(11)16-7-9-17(10-8-16)14(18)12(2)15;;/h3-6,12H,7-10,15H2,1-2H3;2*1H/t12-;;/m0../s1. The van der Waals surface area contributed by atoms with Crippen LogP contribution in [0.3, 0.4) is 0 Å². The third-order valence-corrected chi connectivity index (χ3v) is 3.44. The number of nitrogens with zero attached hydrogens (tertiary/aromatic N) is 2. The van der Waals surface area contributed by atoms with E-state index in [1.165, 1.54) is 11.3 Å². The van der Waals surface area contributed by atoms with E-state index in [2.05, 4.69) is 36.1 Å². The molecule has 1 atom stereocenters. The number of amides is 1. The van der Waals surface area contributed by atoms with Crippen LogP contribution in [0, 0.1) is 6.92 Å². The maximum atomic E-state index is 11.8. The number of benzene rings is 1. The Bertz CT molecular complexity index is 432. The highest BCUT2D eigenvalue weighted by atomic mass is 35.5. The van der Waals surface area contributed by atoms with Crippen LogP contribution in [-0.4, -0.2) is 43.0 Å². The predicted molar refractivity (Wildman–Crippen MR) is 88.1 cm³/mol. The van der Waals surface area contributed by atoms with Gasteiger partial charge in [-0.15, -0.1) is 24.8 Å². The summed E-state index contributed by atoms with van der Waals surface area (Å²) in [4.78, 5) is 16.0. The van der Waals surface area contributed by atoms with E-state index in [-0.39, 0.29) is 30.7 Å². The molecule has 2 rings (SSSR count). The Hall–Kier alpha value is -0.970. The van der Waals surface area contributed by atoms with Gasteiger partial charge >= 0.3 is 0 Å². The molecule has 4 nitrogen and oxygen atoms in total. The zero-order valence-corrected chi connectivity index (χ0v) is 13.5. The summed E-state index contributed by atoms with van der Waals surface area (Å²) in [5, 5.41) is 0. The molecular formula is C14H23Cl2N3O. The number of aryl methyl sites for hydroxylation is 1. The Balaban J connectivity index is 0.00000180. The smallest absolute Gasteiger partial charge is 0.239 e. The summed E-state index contributed by atoms with van der Waals surface area (Å²) in [6.07, 6.45) is 0. The minimum atomic E-state index is -0.394. The van der Waals surface area contributed by atoms with Crippen molar-refractivity contribution in [1.82, 2.24) is 4.90 Å². The molecule has 1 aromatic carbocycles. The summed E-state index contributed by atoms with van der Waals surface area (Å²) < 4.78 is 0. The molecule has 6 heteroatoms. The number of rotatable bonds is 2. The van der Waals surface area contributed by atoms with E-state index in [9.17, 15) is 4.79 Å². The van der Waals surface area contributed by atoms with Gasteiger partial charge in [0.1, 0.15) is 0 Å². The van der Waals surface area contributed by atoms with Crippen molar-refractivity contribution in [3.63, 3.8) is 0 Å². The van der Waals surface area contributed by atoms with Crippen LogP contribution in [-0.2, 0) is 4.79 Å². The van der Waals surface area contributed by atoms with Crippen molar-refractivity contribution >= 4 is 36.4 Å². The van der Waals surface area contributed by atoms with Crippen molar-refractivity contribution in [2.75, 3.05) is 31.1 Å². The summed E-state index contributed by atoms with van der Waals surface area (Å²) in [5.74, 6) is 0.0550. The highest BCUT2D eigenvalue weighted by Gasteiger charge is 2.23. The Morgan fingerprint density at radius 1 is 1.15 bits per heavy atom. The van der Waals surface area contributed by atoms with E-state index in [1.54, 1.807) is 6.92 Å². The molecule has 114 valence electrons. The fourth-order valence-electron chi connectivity index (χ4n) is 2.37. The summed E-state index contributed by atoms with van der Waals surface area (Å²) in [6, 6.07) is 7.97. The van der Waals surface area contributed by atoms with Gasteiger partial charge < -0.3 is 15.5 Å². The number of nitrogens with two attached hydrogens (primary N) is 1. The topological polar surface area (TPSA) is 49.6 Å². The second-order valence-corrected chi connectivity index (χ2v) is 4.89. The minimum absolute atomic E-state index is 0. The van der Waals surface area contributed by atoms with E-state index in [4.69, 9.17) is 5.73 Å². The third-order valence-electron chi connectivity index (χ3n) is 3.44. The van der Waals surface area contributed by atoms with Gasteiger partial charge in [0.25, 0.3) is 0 Å². The van der Waals surface area contributed by atoms with Crippen molar-refractivity contribution in [1.29, 1.82) is 0 Å². The van der Waals surface area contributed by atoms with Crippen LogP contribution < -0.4 is 10.6 Å². The molecule has 1 amide bonds. The monoisotopic (exact) mass is 319 g/mol. The minimum Gasteiger partial charge on any atom is -0.368 e. The number of carbonyl (C=O) groups excluding carboxylic acids is 1. The van der Waals surface area contributed by atoms with Gasteiger partial charge in [-0.2, -0.15) is 0 Å². The number of hydrogen-bond donors (Lipinski definition) is 1. The molecule has 20 heavy (non-hydrogen) atoms. The molecule has 1 heterocycles. The predicted octanol–water partition coefficient (Wildman–Crippen LogP) is 1.83. The molecule has 0 spiro atoms. The van der Waals surface area contributed by atoms with Gasteiger partial charge in [0.05, 0.1) is 6.04 Å². The first kappa shape index (κ1) is 19.0. The van der Waals surface area contributed by atoms with Crippen LogP contribution in [0.1, 0.15) is 12.5 Å². The van der Waals surface area contributed by atoms with Crippen molar-refractivity contribution in [3.8, 4) is 0 Å². The van der Waals surface area contributed by atoms with Crippen molar-refractivity contribution in [3.05, 3.63) is 29.8 Å². The van der Waals surface area contributed by atoms with Crippen LogP contribution in [0.15, 0.2) is 24.3 Å². The summed E-state index contributed by atoms with van der Waals surface area (Å²) >= 11 is 0. The lowest BCUT2D eigenvalue weighted by Crippen LogP contribution is -2.52. The molecule has 1 aromatic rings. The molecule has 0 unspecified atom stereocenters. The fraction of sp³-hybridized carbons (Fsp3) is 0.500. The van der Waals surface area contributed by atoms with E-state index in [1.807, 2.05) is 4.90 Å². The average Bonchev–Trinajstić information content (AvgIpc) is 2.38. The van der Waals surface area contributed by atoms with Crippen LogP contribution >= 0.6 is 24.8 Å². The van der Waals surface area contributed by atoms with E-state index in [0.29, 0.717) is 0 Å². The molecule has 0 radical (unpaired) electrons.